The van der Waals surface area contributed by atoms with E-state index in [2.05, 4.69) is 0 Å². The van der Waals surface area contributed by atoms with Gasteiger partial charge in [-0.05, 0) is 25.8 Å². The topological polar surface area (TPSA) is 55.8 Å². The Hall–Kier alpha value is -1.71. The van der Waals surface area contributed by atoms with E-state index in [1.807, 2.05) is 6.07 Å². The van der Waals surface area contributed by atoms with E-state index in [9.17, 15) is 9.90 Å². The van der Waals surface area contributed by atoms with Gasteiger partial charge in [0.15, 0.2) is 11.5 Å². The lowest BCUT2D eigenvalue weighted by atomic mass is 9.94. The van der Waals surface area contributed by atoms with Crippen LogP contribution >= 0.6 is 0 Å². The van der Waals surface area contributed by atoms with Crippen molar-refractivity contribution in [3.8, 4) is 11.5 Å². The molecule has 1 aliphatic rings. The molecule has 4 heteroatoms. The maximum Gasteiger partial charge on any atom is 0.316 e. The Labute approximate surface area is 100 Å². The van der Waals surface area contributed by atoms with Gasteiger partial charge in [0, 0.05) is 5.56 Å². The second-order valence-corrected chi connectivity index (χ2v) is 4.16. The minimum absolute atomic E-state index is 0.0561. The molecule has 0 aliphatic heterocycles. The highest BCUT2D eigenvalue weighted by molar-refractivity contribution is 5.88. The third-order valence-electron chi connectivity index (χ3n) is 3.13. The SMILES string of the molecule is CCOC(=O)C1(c2cccc(O)c2OC)CC1. The fourth-order valence-corrected chi connectivity index (χ4v) is 2.09. The number of phenolic OH excluding ortho intramolecular Hbond substituents is 1. The van der Waals surface area contributed by atoms with E-state index < -0.39 is 5.41 Å². The maximum atomic E-state index is 11.9. The Kier molecular flexibility index (Phi) is 2.96. The van der Waals surface area contributed by atoms with Crippen molar-refractivity contribution in [1.82, 2.24) is 0 Å². The van der Waals surface area contributed by atoms with Gasteiger partial charge in [0.1, 0.15) is 0 Å². The van der Waals surface area contributed by atoms with Crippen molar-refractivity contribution >= 4 is 5.97 Å². The van der Waals surface area contributed by atoms with Crippen LogP contribution in [0.2, 0.25) is 0 Å². The van der Waals surface area contributed by atoms with Crippen molar-refractivity contribution in [2.45, 2.75) is 25.2 Å². The summed E-state index contributed by atoms with van der Waals surface area (Å²) in [4.78, 5) is 11.9. The van der Waals surface area contributed by atoms with Crippen LogP contribution in [0.15, 0.2) is 18.2 Å². The summed E-state index contributed by atoms with van der Waals surface area (Å²) in [5.74, 6) is 0.197. The van der Waals surface area contributed by atoms with Crippen LogP contribution < -0.4 is 4.74 Å². The van der Waals surface area contributed by atoms with Crippen LogP contribution in [0, 0.1) is 0 Å². The molecule has 0 spiro atoms. The van der Waals surface area contributed by atoms with Gasteiger partial charge in [0.25, 0.3) is 0 Å². The average molecular weight is 236 g/mol. The number of benzene rings is 1. The van der Waals surface area contributed by atoms with Crippen LogP contribution in [0.25, 0.3) is 0 Å². The standard InChI is InChI=1S/C13H16O4/c1-3-17-12(15)13(7-8-13)9-5-4-6-10(14)11(9)16-2/h4-6,14H,3,7-8H2,1-2H3. The summed E-state index contributed by atoms with van der Waals surface area (Å²) in [6, 6.07) is 5.07. The number of hydrogen-bond acceptors (Lipinski definition) is 4. The molecule has 0 saturated heterocycles. The molecule has 92 valence electrons. The lowest BCUT2D eigenvalue weighted by Gasteiger charge is -2.17. The minimum Gasteiger partial charge on any atom is -0.504 e. The van der Waals surface area contributed by atoms with Gasteiger partial charge < -0.3 is 14.6 Å². The average Bonchev–Trinajstić information content (AvgIpc) is 3.10. The molecule has 0 unspecified atom stereocenters. The van der Waals surface area contributed by atoms with Crippen LogP contribution in [-0.2, 0) is 14.9 Å². The smallest absolute Gasteiger partial charge is 0.316 e. The quantitative estimate of drug-likeness (QED) is 0.812. The molecule has 1 aliphatic carbocycles. The second-order valence-electron chi connectivity index (χ2n) is 4.16. The summed E-state index contributed by atoms with van der Waals surface area (Å²) < 4.78 is 10.3. The van der Waals surface area contributed by atoms with Gasteiger partial charge >= 0.3 is 5.97 Å². The zero-order valence-electron chi connectivity index (χ0n) is 10.0. The number of rotatable bonds is 4. The molecule has 1 aromatic rings. The summed E-state index contributed by atoms with van der Waals surface area (Å²) in [6.07, 6.45) is 1.48. The van der Waals surface area contributed by atoms with Gasteiger partial charge in [0.05, 0.1) is 19.1 Å². The van der Waals surface area contributed by atoms with Crippen molar-refractivity contribution in [3.63, 3.8) is 0 Å². The lowest BCUT2D eigenvalue weighted by Crippen LogP contribution is -2.23. The number of aromatic hydroxyl groups is 1. The van der Waals surface area contributed by atoms with E-state index in [1.54, 1.807) is 19.1 Å². The van der Waals surface area contributed by atoms with Crippen LogP contribution in [0.4, 0.5) is 0 Å². The summed E-state index contributed by atoms with van der Waals surface area (Å²) in [7, 11) is 1.49. The van der Waals surface area contributed by atoms with E-state index in [4.69, 9.17) is 9.47 Å². The largest absolute Gasteiger partial charge is 0.504 e. The normalized spacial score (nSPS) is 16.4. The predicted octanol–water partition coefficient (Wildman–Crippen LogP) is 2.00. The highest BCUT2D eigenvalue weighted by Gasteiger charge is 2.54. The maximum absolute atomic E-state index is 11.9. The zero-order chi connectivity index (χ0) is 12.5. The first kappa shape index (κ1) is 11.8. The minimum atomic E-state index is -0.611. The van der Waals surface area contributed by atoms with Crippen molar-refractivity contribution < 1.29 is 19.4 Å². The molecule has 0 amide bonds. The summed E-state index contributed by atoms with van der Waals surface area (Å²) >= 11 is 0. The summed E-state index contributed by atoms with van der Waals surface area (Å²) in [5, 5.41) is 9.72. The van der Waals surface area contributed by atoms with Gasteiger partial charge in [-0.1, -0.05) is 12.1 Å². The third-order valence-corrected chi connectivity index (χ3v) is 3.13. The molecule has 17 heavy (non-hydrogen) atoms. The van der Waals surface area contributed by atoms with E-state index in [0.717, 1.165) is 18.4 Å². The molecule has 0 radical (unpaired) electrons. The highest BCUT2D eigenvalue weighted by Crippen LogP contribution is 2.53. The Morgan fingerprint density at radius 1 is 1.47 bits per heavy atom. The number of methoxy groups -OCH3 is 1. The van der Waals surface area contributed by atoms with Crippen LogP contribution in [0.5, 0.6) is 11.5 Å². The van der Waals surface area contributed by atoms with E-state index in [1.165, 1.54) is 7.11 Å². The number of carbonyl (C=O) groups excluding carboxylic acids is 1. The van der Waals surface area contributed by atoms with E-state index in [-0.39, 0.29) is 11.7 Å². The summed E-state index contributed by atoms with van der Waals surface area (Å²) in [6.45, 7) is 2.15. The molecule has 0 aromatic heterocycles. The molecular weight excluding hydrogens is 220 g/mol. The van der Waals surface area contributed by atoms with Crippen LogP contribution in [0.3, 0.4) is 0 Å². The monoisotopic (exact) mass is 236 g/mol. The number of hydrogen-bond donors (Lipinski definition) is 1. The molecule has 2 rings (SSSR count). The first-order valence-electron chi connectivity index (χ1n) is 5.69. The number of esters is 1. The van der Waals surface area contributed by atoms with Gasteiger partial charge in [-0.3, -0.25) is 4.79 Å². The Morgan fingerprint density at radius 2 is 2.18 bits per heavy atom. The molecule has 1 aromatic carbocycles. The van der Waals surface area contributed by atoms with Crippen LogP contribution in [0.1, 0.15) is 25.3 Å². The van der Waals surface area contributed by atoms with Gasteiger partial charge in [-0.2, -0.15) is 0 Å². The fourth-order valence-electron chi connectivity index (χ4n) is 2.09. The van der Waals surface area contributed by atoms with Gasteiger partial charge in [-0.25, -0.2) is 0 Å². The first-order valence-corrected chi connectivity index (χ1v) is 5.69. The predicted molar refractivity (Wildman–Crippen MR) is 62.2 cm³/mol. The molecule has 0 bridgehead atoms. The van der Waals surface area contributed by atoms with Crippen molar-refractivity contribution in [2.24, 2.45) is 0 Å². The van der Waals surface area contributed by atoms with E-state index in [0.29, 0.717) is 12.4 Å². The van der Waals surface area contributed by atoms with Gasteiger partial charge in [-0.15, -0.1) is 0 Å². The van der Waals surface area contributed by atoms with Gasteiger partial charge in [0.2, 0.25) is 0 Å². The Morgan fingerprint density at radius 3 is 2.71 bits per heavy atom. The molecule has 0 atom stereocenters. The number of ether oxygens (including phenoxy) is 2. The highest BCUT2D eigenvalue weighted by atomic mass is 16.5. The van der Waals surface area contributed by atoms with Crippen LogP contribution in [-0.4, -0.2) is 24.8 Å². The zero-order valence-corrected chi connectivity index (χ0v) is 10.0. The molecule has 1 fully saturated rings. The molecule has 0 heterocycles. The second kappa shape index (κ2) is 4.28. The number of carbonyl (C=O) groups is 1. The molecular formula is C13H16O4. The van der Waals surface area contributed by atoms with Crippen molar-refractivity contribution in [3.05, 3.63) is 23.8 Å². The summed E-state index contributed by atoms with van der Waals surface area (Å²) in [5.41, 5.74) is 0.110. The molecule has 1 N–H and O–H groups in total. The molecule has 4 nitrogen and oxygen atoms in total. The Balaban J connectivity index is 2.40. The Bertz CT molecular complexity index is 435. The lowest BCUT2D eigenvalue weighted by molar-refractivity contribution is -0.146. The third kappa shape index (κ3) is 1.84. The van der Waals surface area contributed by atoms with Crippen molar-refractivity contribution in [2.75, 3.05) is 13.7 Å². The number of para-hydroxylation sites is 1. The fraction of sp³-hybridized carbons (Fsp3) is 0.462. The van der Waals surface area contributed by atoms with Crippen molar-refractivity contribution in [1.29, 1.82) is 0 Å². The van der Waals surface area contributed by atoms with E-state index >= 15 is 0 Å². The first-order chi connectivity index (χ1) is 8.15. The number of phenols is 1. The molecule has 1 saturated carbocycles.